The lowest BCUT2D eigenvalue weighted by Crippen LogP contribution is -2.50. The second-order valence-corrected chi connectivity index (χ2v) is 8.63. The van der Waals surface area contributed by atoms with Gasteiger partial charge in [0.15, 0.2) is 5.82 Å². The molecule has 1 saturated heterocycles. The van der Waals surface area contributed by atoms with Crippen molar-refractivity contribution >= 4 is 33.4 Å². The van der Waals surface area contributed by atoms with Crippen LogP contribution in [0.4, 0.5) is 0 Å². The Morgan fingerprint density at radius 3 is 2.33 bits per heavy atom. The van der Waals surface area contributed by atoms with Gasteiger partial charge in [0.05, 0.1) is 24.5 Å². The molecule has 0 unspecified atom stereocenters. The molecule has 9 nitrogen and oxygen atoms in total. The van der Waals surface area contributed by atoms with Crippen molar-refractivity contribution in [3.63, 3.8) is 0 Å². The van der Waals surface area contributed by atoms with Gasteiger partial charge >= 0.3 is 0 Å². The molecular weight excluding hydrogens is 444 g/mol. The molecule has 1 aliphatic heterocycles. The summed E-state index contributed by atoms with van der Waals surface area (Å²) in [5, 5.41) is 0.748. The number of aryl methyl sites for hydroxylation is 1. The Labute approximate surface area is 195 Å². The van der Waals surface area contributed by atoms with E-state index in [9.17, 15) is 9.59 Å². The number of nitrogens with zero attached hydrogens (tertiary/aromatic N) is 4. The predicted octanol–water partition coefficient (Wildman–Crippen LogP) is 2.76. The van der Waals surface area contributed by atoms with E-state index in [1.807, 2.05) is 6.92 Å². The van der Waals surface area contributed by atoms with Crippen molar-refractivity contribution in [1.82, 2.24) is 19.8 Å². The van der Waals surface area contributed by atoms with Gasteiger partial charge in [0.25, 0.3) is 11.8 Å². The third-order valence-electron chi connectivity index (χ3n) is 5.64. The van der Waals surface area contributed by atoms with Gasteiger partial charge in [-0.2, -0.15) is 4.98 Å². The molecule has 3 aromatic rings. The summed E-state index contributed by atoms with van der Waals surface area (Å²) in [5.41, 5.74) is 1.38. The van der Waals surface area contributed by atoms with Gasteiger partial charge < -0.3 is 24.0 Å². The lowest BCUT2D eigenvalue weighted by molar-refractivity contribution is 0.0537. The third-order valence-corrected chi connectivity index (χ3v) is 6.81. The Hall–Kier alpha value is -3.24. The Kier molecular flexibility index (Phi) is 6.75. The van der Waals surface area contributed by atoms with Gasteiger partial charge in [-0.3, -0.25) is 9.59 Å². The molecule has 0 atom stereocenters. The molecule has 10 heteroatoms. The number of thiophene rings is 1. The maximum atomic E-state index is 13.3. The maximum Gasteiger partial charge on any atom is 0.264 e. The summed E-state index contributed by atoms with van der Waals surface area (Å²) >= 11 is 1.33. The summed E-state index contributed by atoms with van der Waals surface area (Å²) in [7, 11) is 4.70. The van der Waals surface area contributed by atoms with Crippen LogP contribution in [0.3, 0.4) is 0 Å². The summed E-state index contributed by atoms with van der Waals surface area (Å²) in [6.07, 6.45) is 0. The number of fused-ring (bicyclic) bond motifs is 1. The molecule has 0 radical (unpaired) electrons. The molecule has 0 bridgehead atoms. The number of carbonyl (C=O) groups excluding carboxylic acids is 2. The van der Waals surface area contributed by atoms with Crippen LogP contribution >= 0.6 is 11.3 Å². The number of carbonyl (C=O) groups is 2. The molecule has 1 aromatic carbocycles. The minimum atomic E-state index is -0.0701. The van der Waals surface area contributed by atoms with Crippen molar-refractivity contribution in [1.29, 1.82) is 0 Å². The summed E-state index contributed by atoms with van der Waals surface area (Å²) in [5.74, 6) is 1.45. The lowest BCUT2D eigenvalue weighted by Gasteiger charge is -2.34. The normalized spacial score (nSPS) is 13.9. The molecule has 4 rings (SSSR count). The van der Waals surface area contributed by atoms with Crippen LogP contribution in [0.25, 0.3) is 10.2 Å². The summed E-state index contributed by atoms with van der Waals surface area (Å²) in [4.78, 5) is 40.0. The fraction of sp³-hybridized carbons (Fsp3) is 0.391. The third kappa shape index (κ3) is 4.49. The summed E-state index contributed by atoms with van der Waals surface area (Å²) in [6.45, 7) is 3.99. The van der Waals surface area contributed by atoms with Crippen molar-refractivity contribution in [2.24, 2.45) is 0 Å². The number of benzene rings is 1. The van der Waals surface area contributed by atoms with Gasteiger partial charge in [-0.05, 0) is 30.7 Å². The first-order valence-corrected chi connectivity index (χ1v) is 11.3. The molecule has 0 aliphatic carbocycles. The van der Waals surface area contributed by atoms with Crippen molar-refractivity contribution in [3.8, 4) is 11.6 Å². The van der Waals surface area contributed by atoms with Gasteiger partial charge in [-0.15, -0.1) is 11.3 Å². The molecule has 0 spiro atoms. The Balaban J connectivity index is 1.50. The molecular formula is C23H26N4O5S. The fourth-order valence-corrected chi connectivity index (χ4v) is 5.04. The van der Waals surface area contributed by atoms with E-state index >= 15 is 0 Å². The van der Waals surface area contributed by atoms with Crippen molar-refractivity contribution in [2.75, 3.05) is 47.5 Å². The van der Waals surface area contributed by atoms with Crippen LogP contribution in [0.1, 0.15) is 31.4 Å². The minimum Gasteiger partial charge on any atom is -0.497 e. The second-order valence-electron chi connectivity index (χ2n) is 7.63. The number of amides is 2. The van der Waals surface area contributed by atoms with E-state index in [1.54, 1.807) is 55.4 Å². The van der Waals surface area contributed by atoms with E-state index < -0.39 is 0 Å². The zero-order valence-corrected chi connectivity index (χ0v) is 19.9. The maximum absolute atomic E-state index is 13.3. The topological polar surface area (TPSA) is 94.1 Å². The number of rotatable bonds is 6. The van der Waals surface area contributed by atoms with Crippen LogP contribution in [0.15, 0.2) is 24.3 Å². The standard InChI is InChI=1S/C23H26N4O5S/c1-14-18-20(32-4)24-17(13-30-2)25-21(18)33-19(14)23(29)27-10-8-26(9-11-27)22(28)15-6-5-7-16(12-15)31-3/h5-7,12H,8-11,13H2,1-4H3. The van der Waals surface area contributed by atoms with Crippen LogP contribution in [-0.4, -0.2) is 79.1 Å². The first-order valence-electron chi connectivity index (χ1n) is 10.5. The molecule has 174 valence electrons. The number of ether oxygens (including phenoxy) is 3. The van der Waals surface area contributed by atoms with Crippen molar-refractivity contribution < 1.29 is 23.8 Å². The highest BCUT2D eigenvalue weighted by Crippen LogP contribution is 2.36. The zero-order chi connectivity index (χ0) is 23.5. The quantitative estimate of drug-likeness (QED) is 0.547. The van der Waals surface area contributed by atoms with E-state index in [0.29, 0.717) is 58.9 Å². The smallest absolute Gasteiger partial charge is 0.264 e. The molecule has 0 saturated carbocycles. The fourth-order valence-electron chi connectivity index (χ4n) is 3.88. The number of methoxy groups -OCH3 is 3. The molecule has 2 aromatic heterocycles. The SMILES string of the molecule is COCc1nc(OC)c2c(C)c(C(=O)N3CCN(C(=O)c4cccc(OC)c4)CC3)sc2n1. The van der Waals surface area contributed by atoms with Crippen LogP contribution in [0, 0.1) is 6.92 Å². The number of aromatic nitrogens is 2. The predicted molar refractivity (Wildman–Crippen MR) is 124 cm³/mol. The Morgan fingerprint density at radius 1 is 1.00 bits per heavy atom. The first kappa shape index (κ1) is 22.9. The molecule has 2 amide bonds. The van der Waals surface area contributed by atoms with Crippen molar-refractivity contribution in [3.05, 3.63) is 46.1 Å². The molecule has 1 fully saturated rings. The number of hydrogen-bond donors (Lipinski definition) is 0. The second kappa shape index (κ2) is 9.72. The van der Waals surface area contributed by atoms with Crippen LogP contribution in [0.2, 0.25) is 0 Å². The molecule has 3 heterocycles. The Bertz CT molecular complexity index is 1190. The number of hydrogen-bond acceptors (Lipinski definition) is 8. The highest BCUT2D eigenvalue weighted by Gasteiger charge is 2.29. The molecule has 0 N–H and O–H groups in total. The van der Waals surface area contributed by atoms with Gasteiger partial charge in [-0.25, -0.2) is 4.98 Å². The summed E-state index contributed by atoms with van der Waals surface area (Å²) in [6, 6.07) is 7.10. The van der Waals surface area contributed by atoms with E-state index in [0.717, 1.165) is 10.9 Å². The number of piperazine rings is 1. The van der Waals surface area contributed by atoms with E-state index in [1.165, 1.54) is 11.3 Å². The van der Waals surface area contributed by atoms with E-state index in [2.05, 4.69) is 9.97 Å². The lowest BCUT2D eigenvalue weighted by atomic mass is 10.1. The van der Waals surface area contributed by atoms with Gasteiger partial charge in [0.1, 0.15) is 17.2 Å². The Morgan fingerprint density at radius 2 is 1.70 bits per heavy atom. The highest BCUT2D eigenvalue weighted by molar-refractivity contribution is 7.20. The van der Waals surface area contributed by atoms with Gasteiger partial charge in [0, 0.05) is 38.9 Å². The largest absolute Gasteiger partial charge is 0.497 e. The van der Waals surface area contributed by atoms with E-state index in [-0.39, 0.29) is 18.4 Å². The minimum absolute atomic E-state index is 0.0651. The average molecular weight is 471 g/mol. The molecule has 1 aliphatic rings. The van der Waals surface area contributed by atoms with Crippen molar-refractivity contribution in [2.45, 2.75) is 13.5 Å². The van der Waals surface area contributed by atoms with E-state index in [4.69, 9.17) is 14.2 Å². The van der Waals surface area contributed by atoms with Crippen LogP contribution in [-0.2, 0) is 11.3 Å². The average Bonchev–Trinajstić information content (AvgIpc) is 3.19. The van der Waals surface area contributed by atoms with Gasteiger partial charge in [-0.1, -0.05) is 6.07 Å². The molecule has 33 heavy (non-hydrogen) atoms. The first-order chi connectivity index (χ1) is 16.0. The zero-order valence-electron chi connectivity index (χ0n) is 19.1. The summed E-state index contributed by atoms with van der Waals surface area (Å²) < 4.78 is 15.8. The van der Waals surface area contributed by atoms with Crippen LogP contribution in [0.5, 0.6) is 11.6 Å². The van der Waals surface area contributed by atoms with Crippen LogP contribution < -0.4 is 9.47 Å². The highest BCUT2D eigenvalue weighted by atomic mass is 32.1. The monoisotopic (exact) mass is 470 g/mol. The van der Waals surface area contributed by atoms with Gasteiger partial charge in [0.2, 0.25) is 5.88 Å².